The van der Waals surface area contributed by atoms with Gasteiger partial charge < -0.3 is 9.47 Å². The molecule has 0 bridgehead atoms. The average molecular weight is 355 g/mol. The fourth-order valence-electron chi connectivity index (χ4n) is 3.38. The number of carbonyl (C=O) groups excluding carboxylic acids is 1. The van der Waals surface area contributed by atoms with Crippen LogP contribution in [0.3, 0.4) is 0 Å². The van der Waals surface area contributed by atoms with Crippen LogP contribution < -0.4 is 9.47 Å². The van der Waals surface area contributed by atoms with E-state index in [1.807, 2.05) is 36.4 Å². The SMILES string of the molecule is COc1cc(C#N)ccc1OCC(=O)c1ccc2c(c1)-c1ccccc1C2. The van der Waals surface area contributed by atoms with Gasteiger partial charge in [-0.25, -0.2) is 0 Å². The maximum absolute atomic E-state index is 12.6. The summed E-state index contributed by atoms with van der Waals surface area (Å²) in [6.07, 6.45) is 0.902. The first kappa shape index (κ1) is 16.9. The second-order valence-corrected chi connectivity index (χ2v) is 6.40. The maximum Gasteiger partial charge on any atom is 0.200 e. The summed E-state index contributed by atoms with van der Waals surface area (Å²) in [6.45, 7) is -0.0945. The number of carbonyl (C=O) groups is 1. The molecule has 0 saturated heterocycles. The van der Waals surface area contributed by atoms with E-state index in [-0.39, 0.29) is 12.4 Å². The van der Waals surface area contributed by atoms with Crippen molar-refractivity contribution in [3.8, 4) is 28.7 Å². The number of methoxy groups -OCH3 is 1. The lowest BCUT2D eigenvalue weighted by Crippen LogP contribution is -2.12. The van der Waals surface area contributed by atoms with Crippen LogP contribution in [0.15, 0.2) is 60.7 Å². The Labute approximate surface area is 157 Å². The van der Waals surface area contributed by atoms with Crippen molar-refractivity contribution in [3.63, 3.8) is 0 Å². The van der Waals surface area contributed by atoms with Gasteiger partial charge in [-0.15, -0.1) is 0 Å². The largest absolute Gasteiger partial charge is 0.493 e. The minimum atomic E-state index is -0.103. The molecule has 4 rings (SSSR count). The highest BCUT2D eigenvalue weighted by Gasteiger charge is 2.19. The molecule has 0 spiro atoms. The molecule has 3 aromatic rings. The third-order valence-corrected chi connectivity index (χ3v) is 4.77. The summed E-state index contributed by atoms with van der Waals surface area (Å²) in [5.74, 6) is 0.773. The third kappa shape index (κ3) is 3.16. The van der Waals surface area contributed by atoms with E-state index in [4.69, 9.17) is 14.7 Å². The lowest BCUT2D eigenvalue weighted by Gasteiger charge is -2.11. The van der Waals surface area contributed by atoms with E-state index >= 15 is 0 Å². The number of ketones is 1. The smallest absolute Gasteiger partial charge is 0.200 e. The van der Waals surface area contributed by atoms with Gasteiger partial charge in [-0.05, 0) is 46.9 Å². The van der Waals surface area contributed by atoms with Crippen molar-refractivity contribution in [2.45, 2.75) is 6.42 Å². The predicted octanol–water partition coefficient (Wildman–Crippen LogP) is 4.40. The highest BCUT2D eigenvalue weighted by atomic mass is 16.5. The summed E-state index contributed by atoms with van der Waals surface area (Å²) < 4.78 is 10.9. The number of hydrogen-bond donors (Lipinski definition) is 0. The molecule has 0 unspecified atom stereocenters. The first-order valence-corrected chi connectivity index (χ1v) is 8.65. The van der Waals surface area contributed by atoms with Crippen molar-refractivity contribution in [1.29, 1.82) is 5.26 Å². The van der Waals surface area contributed by atoms with Gasteiger partial charge in [0.25, 0.3) is 0 Å². The molecule has 4 heteroatoms. The molecule has 0 heterocycles. The van der Waals surface area contributed by atoms with E-state index in [0.29, 0.717) is 22.6 Å². The molecule has 0 radical (unpaired) electrons. The van der Waals surface area contributed by atoms with Crippen molar-refractivity contribution < 1.29 is 14.3 Å². The van der Waals surface area contributed by atoms with E-state index < -0.39 is 0 Å². The Balaban J connectivity index is 1.53. The second-order valence-electron chi connectivity index (χ2n) is 6.40. The van der Waals surface area contributed by atoms with Crippen LogP contribution in [0, 0.1) is 11.3 Å². The fraction of sp³-hybridized carbons (Fsp3) is 0.130. The van der Waals surface area contributed by atoms with Crippen LogP contribution in [0.2, 0.25) is 0 Å². The van der Waals surface area contributed by atoms with Crippen molar-refractivity contribution in [2.75, 3.05) is 13.7 Å². The molecular weight excluding hydrogens is 338 g/mol. The van der Waals surface area contributed by atoms with Crippen LogP contribution in [0.5, 0.6) is 11.5 Å². The van der Waals surface area contributed by atoms with E-state index in [0.717, 1.165) is 12.0 Å². The lowest BCUT2D eigenvalue weighted by molar-refractivity contribution is 0.0919. The molecule has 3 aromatic carbocycles. The Morgan fingerprint density at radius 2 is 1.81 bits per heavy atom. The fourth-order valence-corrected chi connectivity index (χ4v) is 3.38. The predicted molar refractivity (Wildman–Crippen MR) is 102 cm³/mol. The summed E-state index contributed by atoms with van der Waals surface area (Å²) in [5, 5.41) is 8.96. The Morgan fingerprint density at radius 3 is 2.63 bits per heavy atom. The standard InChI is InChI=1S/C23H17NO3/c1-26-23-10-15(13-24)6-9-22(23)27-14-21(25)18-8-7-17-11-16-4-2-3-5-19(16)20(17)12-18/h2-10,12H,11,14H2,1H3. The molecule has 4 nitrogen and oxygen atoms in total. The lowest BCUT2D eigenvalue weighted by atomic mass is 10.0. The number of nitrogens with zero attached hydrogens (tertiary/aromatic N) is 1. The Kier molecular flexibility index (Phi) is 4.35. The molecule has 0 amide bonds. The summed E-state index contributed by atoms with van der Waals surface area (Å²) in [7, 11) is 1.50. The van der Waals surface area contributed by atoms with Gasteiger partial charge in [0.2, 0.25) is 0 Å². The van der Waals surface area contributed by atoms with Crippen molar-refractivity contribution in [2.24, 2.45) is 0 Å². The molecule has 0 saturated carbocycles. The van der Waals surface area contributed by atoms with E-state index in [2.05, 4.69) is 12.1 Å². The molecule has 1 aliphatic carbocycles. The number of ether oxygens (including phenoxy) is 2. The summed E-state index contributed by atoms with van der Waals surface area (Å²) >= 11 is 0. The van der Waals surface area contributed by atoms with Crippen molar-refractivity contribution in [3.05, 3.63) is 82.9 Å². The van der Waals surface area contributed by atoms with Crippen LogP contribution >= 0.6 is 0 Å². The van der Waals surface area contributed by atoms with Crippen LogP contribution in [0.1, 0.15) is 27.0 Å². The maximum atomic E-state index is 12.6. The van der Waals surface area contributed by atoms with Crippen LogP contribution in [-0.4, -0.2) is 19.5 Å². The van der Waals surface area contributed by atoms with E-state index in [9.17, 15) is 4.79 Å². The quantitative estimate of drug-likeness (QED) is 0.498. The number of benzene rings is 3. The van der Waals surface area contributed by atoms with E-state index in [1.54, 1.807) is 18.2 Å². The Bertz CT molecular complexity index is 1080. The zero-order valence-corrected chi connectivity index (χ0v) is 14.9. The molecule has 1 aliphatic rings. The second kappa shape index (κ2) is 6.97. The summed E-state index contributed by atoms with van der Waals surface area (Å²) in [4.78, 5) is 12.6. The Morgan fingerprint density at radius 1 is 1.00 bits per heavy atom. The highest BCUT2D eigenvalue weighted by molar-refractivity contribution is 5.99. The van der Waals surface area contributed by atoms with Gasteiger partial charge in [-0.1, -0.05) is 36.4 Å². The molecule has 132 valence electrons. The average Bonchev–Trinajstić information content (AvgIpc) is 3.09. The van der Waals surface area contributed by atoms with Gasteiger partial charge in [0, 0.05) is 11.6 Å². The first-order valence-electron chi connectivity index (χ1n) is 8.65. The summed E-state index contributed by atoms with van der Waals surface area (Å²) in [6, 6.07) is 21.0. The van der Waals surface area contributed by atoms with Gasteiger partial charge in [-0.3, -0.25) is 4.79 Å². The van der Waals surface area contributed by atoms with Crippen molar-refractivity contribution in [1.82, 2.24) is 0 Å². The minimum absolute atomic E-state index is 0.0945. The monoisotopic (exact) mass is 355 g/mol. The topological polar surface area (TPSA) is 59.3 Å². The number of fused-ring (bicyclic) bond motifs is 3. The molecular formula is C23H17NO3. The zero-order chi connectivity index (χ0) is 18.8. The molecule has 0 aromatic heterocycles. The third-order valence-electron chi connectivity index (χ3n) is 4.77. The number of hydrogen-bond acceptors (Lipinski definition) is 4. The van der Waals surface area contributed by atoms with Gasteiger partial charge in [0.15, 0.2) is 23.9 Å². The van der Waals surface area contributed by atoms with Crippen LogP contribution in [-0.2, 0) is 6.42 Å². The van der Waals surface area contributed by atoms with E-state index in [1.165, 1.54) is 23.8 Å². The number of nitriles is 1. The van der Waals surface area contributed by atoms with Gasteiger partial charge >= 0.3 is 0 Å². The summed E-state index contributed by atoms with van der Waals surface area (Å²) in [5.41, 5.74) is 5.93. The zero-order valence-electron chi connectivity index (χ0n) is 14.9. The van der Waals surface area contributed by atoms with Gasteiger partial charge in [0.1, 0.15) is 0 Å². The molecule has 0 aliphatic heterocycles. The Hall–Kier alpha value is -3.58. The first-order chi connectivity index (χ1) is 13.2. The van der Waals surface area contributed by atoms with Gasteiger partial charge in [0.05, 0.1) is 18.7 Å². The normalized spacial score (nSPS) is 11.3. The van der Waals surface area contributed by atoms with Crippen LogP contribution in [0.4, 0.5) is 0 Å². The van der Waals surface area contributed by atoms with Gasteiger partial charge in [-0.2, -0.15) is 5.26 Å². The molecule has 0 N–H and O–H groups in total. The molecule has 27 heavy (non-hydrogen) atoms. The highest BCUT2D eigenvalue weighted by Crippen LogP contribution is 2.37. The molecule has 0 fully saturated rings. The minimum Gasteiger partial charge on any atom is -0.493 e. The number of Topliss-reactive ketones (excluding diaryl/α,β-unsaturated/α-hetero) is 1. The van der Waals surface area contributed by atoms with Crippen molar-refractivity contribution >= 4 is 5.78 Å². The van der Waals surface area contributed by atoms with Crippen LogP contribution in [0.25, 0.3) is 11.1 Å². The molecule has 0 atom stereocenters. The number of rotatable bonds is 5.